The fourth-order valence-electron chi connectivity index (χ4n) is 4.48. The van der Waals surface area contributed by atoms with Gasteiger partial charge < -0.3 is 10.0 Å². The maximum atomic E-state index is 10.3. The highest BCUT2D eigenvalue weighted by Gasteiger charge is 2.31. The molecule has 1 aromatic heterocycles. The van der Waals surface area contributed by atoms with Crippen LogP contribution in [0.1, 0.15) is 66.0 Å². The van der Waals surface area contributed by atoms with Crippen molar-refractivity contribution in [1.82, 2.24) is 0 Å². The van der Waals surface area contributed by atoms with Crippen LogP contribution in [0.4, 0.5) is 0 Å². The van der Waals surface area contributed by atoms with Crippen molar-refractivity contribution in [1.29, 1.82) is 0 Å². The lowest BCUT2D eigenvalue weighted by Crippen LogP contribution is -2.30. The third kappa shape index (κ3) is 4.95. The molecule has 4 heteroatoms. The Balaban J connectivity index is 2.49. The van der Waals surface area contributed by atoms with E-state index in [1.165, 1.54) is 16.9 Å². The Morgan fingerprint density at radius 1 is 1.21 bits per heavy atom. The van der Waals surface area contributed by atoms with E-state index in [9.17, 15) is 10.0 Å². The number of thiophene rings is 1. The summed E-state index contributed by atoms with van der Waals surface area (Å²) in [7, 11) is -1.60. The highest BCUT2D eigenvalue weighted by molar-refractivity contribution is 7.25. The van der Waals surface area contributed by atoms with Crippen LogP contribution in [0.3, 0.4) is 0 Å². The second-order valence-electron chi connectivity index (χ2n) is 8.32. The summed E-state index contributed by atoms with van der Waals surface area (Å²) in [5.74, 6) is 0.0945. The first-order chi connectivity index (χ1) is 16.4. The fraction of sp³-hybridized carbons (Fsp3) is 0.200. The molecule has 1 unspecified atom stereocenters. The van der Waals surface area contributed by atoms with Crippen molar-refractivity contribution < 1.29 is 10.0 Å². The topological polar surface area (TPSA) is 40.5 Å². The minimum Gasteiger partial charge on any atom is -0.423 e. The highest BCUT2D eigenvalue weighted by atomic mass is 32.1. The molecule has 0 saturated carbocycles. The number of rotatable bonds is 9. The molecule has 2 nitrogen and oxygen atoms in total. The highest BCUT2D eigenvalue weighted by Crippen LogP contribution is 2.45. The van der Waals surface area contributed by atoms with Crippen molar-refractivity contribution in [3.05, 3.63) is 102 Å². The van der Waals surface area contributed by atoms with Gasteiger partial charge in [-0.25, -0.2) is 0 Å². The van der Waals surface area contributed by atoms with E-state index in [1.807, 2.05) is 25.2 Å². The summed E-state index contributed by atoms with van der Waals surface area (Å²) in [6.45, 7) is 18.5. The summed E-state index contributed by atoms with van der Waals surface area (Å²) in [6, 6.07) is 2.22. The van der Waals surface area contributed by atoms with E-state index in [0.29, 0.717) is 10.3 Å². The lowest BCUT2D eigenvalue weighted by molar-refractivity contribution is 0.426. The van der Waals surface area contributed by atoms with Gasteiger partial charge >= 0.3 is 7.12 Å². The number of benzene rings is 1. The molecule has 1 aliphatic rings. The zero-order valence-corrected chi connectivity index (χ0v) is 21.2. The first-order valence-electron chi connectivity index (χ1n) is 11.7. The summed E-state index contributed by atoms with van der Waals surface area (Å²) in [5, 5.41) is 20.7. The van der Waals surface area contributed by atoms with Crippen LogP contribution in [-0.2, 0) is 0 Å². The third-order valence-corrected chi connectivity index (χ3v) is 7.44. The lowest BCUT2D eigenvalue weighted by atomic mass is 9.78. The smallest absolute Gasteiger partial charge is 0.423 e. The van der Waals surface area contributed by atoms with Gasteiger partial charge in [0.25, 0.3) is 0 Å². The molecule has 0 amide bonds. The van der Waals surface area contributed by atoms with E-state index < -0.39 is 7.12 Å². The van der Waals surface area contributed by atoms with Gasteiger partial charge in [0.05, 0.1) is 0 Å². The molecule has 0 spiro atoms. The molecule has 1 aliphatic carbocycles. The minimum absolute atomic E-state index is 0.0945. The van der Waals surface area contributed by atoms with Gasteiger partial charge in [-0.15, -0.1) is 11.3 Å². The standard InChI is InChI=1S/C30H33BO2S/c1-7-11-16-23-19-26(25(15-8-2)24(10-4)21(23)6)29-28(22-17-13-12-14-18-22)27(20(5)9-3)30(34-29)31(32)33/h8-17,19,22,32-33H,3-5,7,18H2,1-2,6H3/b15-8-,16-11-. The van der Waals surface area contributed by atoms with Crippen LogP contribution in [0.25, 0.3) is 34.2 Å². The molecule has 1 heterocycles. The Hall–Kier alpha value is -2.92. The van der Waals surface area contributed by atoms with E-state index in [0.717, 1.165) is 51.1 Å². The Morgan fingerprint density at radius 2 is 1.97 bits per heavy atom. The van der Waals surface area contributed by atoms with Crippen molar-refractivity contribution in [2.45, 2.75) is 39.5 Å². The summed E-state index contributed by atoms with van der Waals surface area (Å²) in [6.07, 6.45) is 22.3. The average Bonchev–Trinajstić information content (AvgIpc) is 3.25. The van der Waals surface area contributed by atoms with Crippen molar-refractivity contribution in [3.63, 3.8) is 0 Å². The van der Waals surface area contributed by atoms with Gasteiger partial charge in [-0.3, -0.25) is 0 Å². The van der Waals surface area contributed by atoms with Crippen molar-refractivity contribution in [3.8, 4) is 10.4 Å². The summed E-state index contributed by atoms with van der Waals surface area (Å²) in [5.41, 5.74) is 8.07. The van der Waals surface area contributed by atoms with Crippen LogP contribution < -0.4 is 4.78 Å². The van der Waals surface area contributed by atoms with Crippen LogP contribution in [-0.4, -0.2) is 17.2 Å². The van der Waals surface area contributed by atoms with Gasteiger partial charge in [0.15, 0.2) is 0 Å². The average molecular weight is 468 g/mol. The monoisotopic (exact) mass is 468 g/mol. The molecule has 0 radical (unpaired) electrons. The molecule has 1 aromatic carbocycles. The maximum absolute atomic E-state index is 10.3. The molecule has 174 valence electrons. The van der Waals surface area contributed by atoms with Crippen molar-refractivity contribution in [2.24, 2.45) is 0 Å². The Bertz CT molecular complexity index is 1220. The van der Waals surface area contributed by atoms with E-state index in [2.05, 4.69) is 76.1 Å². The summed E-state index contributed by atoms with van der Waals surface area (Å²) >= 11 is 1.42. The van der Waals surface area contributed by atoms with Crippen molar-refractivity contribution >= 4 is 47.0 Å². The lowest BCUT2D eigenvalue weighted by Gasteiger charge is -2.21. The third-order valence-electron chi connectivity index (χ3n) is 6.16. The Morgan fingerprint density at radius 3 is 2.53 bits per heavy atom. The second-order valence-corrected chi connectivity index (χ2v) is 9.38. The van der Waals surface area contributed by atoms with Crippen LogP contribution in [0, 0.1) is 6.92 Å². The van der Waals surface area contributed by atoms with Crippen LogP contribution >= 0.6 is 11.3 Å². The summed E-state index contributed by atoms with van der Waals surface area (Å²) in [4.78, 5) is 1.02. The first kappa shape index (κ1) is 25.7. The molecule has 0 aliphatic heterocycles. The van der Waals surface area contributed by atoms with E-state index in [1.54, 1.807) is 6.08 Å². The molecule has 2 N–H and O–H groups in total. The van der Waals surface area contributed by atoms with Gasteiger partial charge in [-0.2, -0.15) is 0 Å². The summed E-state index contributed by atoms with van der Waals surface area (Å²) < 4.78 is 0.496. The fourth-order valence-corrected chi connectivity index (χ4v) is 5.80. The predicted octanol–water partition coefficient (Wildman–Crippen LogP) is 7.30. The number of hydrogen-bond donors (Lipinski definition) is 2. The van der Waals surface area contributed by atoms with Crippen molar-refractivity contribution in [2.75, 3.05) is 0 Å². The molecular formula is C30H33BO2S. The van der Waals surface area contributed by atoms with Gasteiger partial charge in [0, 0.05) is 21.1 Å². The molecule has 1 atom stereocenters. The van der Waals surface area contributed by atoms with E-state index in [-0.39, 0.29) is 5.92 Å². The van der Waals surface area contributed by atoms with Crippen LogP contribution in [0.15, 0.2) is 68.3 Å². The van der Waals surface area contributed by atoms with Gasteiger partial charge in [0.2, 0.25) is 0 Å². The Labute approximate surface area is 208 Å². The molecule has 2 aromatic rings. The predicted molar refractivity (Wildman–Crippen MR) is 153 cm³/mol. The molecule has 3 rings (SSSR count). The SMILES string of the molecule is C=CC(=C)c1c(B(O)O)sc(-c2cc(/C=C\CC)c(C)c(C=C)c2/C=C\C)c1C1C=CC=CC1. The van der Waals surface area contributed by atoms with E-state index >= 15 is 0 Å². The zero-order chi connectivity index (χ0) is 24.8. The Kier molecular flexibility index (Phi) is 8.68. The zero-order valence-electron chi connectivity index (χ0n) is 20.3. The van der Waals surface area contributed by atoms with E-state index in [4.69, 9.17) is 0 Å². The van der Waals surface area contributed by atoms with Crippen LogP contribution in [0.5, 0.6) is 0 Å². The quantitative estimate of drug-likeness (QED) is 0.299. The molecule has 0 saturated heterocycles. The molecule has 34 heavy (non-hydrogen) atoms. The first-order valence-corrected chi connectivity index (χ1v) is 12.5. The second kappa shape index (κ2) is 11.5. The number of allylic oxidation sites excluding steroid dienone is 8. The van der Waals surface area contributed by atoms with Gasteiger partial charge in [-0.1, -0.05) is 87.4 Å². The maximum Gasteiger partial charge on any atom is 0.499 e. The molecule has 0 bridgehead atoms. The number of hydrogen-bond acceptors (Lipinski definition) is 3. The molecular weight excluding hydrogens is 435 g/mol. The minimum atomic E-state index is -1.60. The van der Waals surface area contributed by atoms with Gasteiger partial charge in [-0.05, 0) is 71.7 Å². The van der Waals surface area contributed by atoms with Crippen LogP contribution in [0.2, 0.25) is 0 Å². The largest absolute Gasteiger partial charge is 0.499 e. The van der Waals surface area contributed by atoms with Gasteiger partial charge in [0.1, 0.15) is 0 Å². The molecule has 0 fully saturated rings. The normalized spacial score (nSPS) is 15.4.